The Morgan fingerprint density at radius 1 is 0.971 bits per heavy atom. The molecule has 0 aromatic heterocycles. The van der Waals surface area contributed by atoms with Crippen LogP contribution in [0.15, 0.2) is 48.5 Å². The first-order chi connectivity index (χ1) is 16.9. The molecule has 186 valence electrons. The van der Waals surface area contributed by atoms with Crippen LogP contribution in [0.25, 0.3) is 11.1 Å². The topological polar surface area (TPSA) is 125 Å². The number of amides is 2. The Morgan fingerprint density at radius 3 is 2.14 bits per heavy atom. The summed E-state index contributed by atoms with van der Waals surface area (Å²) < 4.78 is 5.60. The highest BCUT2D eigenvalue weighted by atomic mass is 16.5. The molecule has 4 N–H and O–H groups in total. The van der Waals surface area contributed by atoms with E-state index in [-0.39, 0.29) is 32.1 Å². The van der Waals surface area contributed by atoms with Gasteiger partial charge in [-0.1, -0.05) is 67.8 Å². The van der Waals surface area contributed by atoms with Gasteiger partial charge in [0, 0.05) is 25.5 Å². The SMILES string of the molecule is O=C(NCC1(C(=O)N[C@H](CCO)C(=O)O)CCCCC1)OCC1c2ccccc2-c2ccccc21. The monoisotopic (exact) mass is 480 g/mol. The molecule has 2 aliphatic rings. The third-order valence-electron chi connectivity index (χ3n) is 7.23. The van der Waals surface area contributed by atoms with Gasteiger partial charge >= 0.3 is 12.1 Å². The van der Waals surface area contributed by atoms with Crippen molar-refractivity contribution in [3.05, 3.63) is 59.7 Å². The van der Waals surface area contributed by atoms with Gasteiger partial charge in [-0.2, -0.15) is 0 Å². The molecule has 0 bridgehead atoms. The average molecular weight is 481 g/mol. The summed E-state index contributed by atoms with van der Waals surface area (Å²) in [6.07, 6.45) is 3.04. The fourth-order valence-corrected chi connectivity index (χ4v) is 5.30. The first-order valence-electron chi connectivity index (χ1n) is 12.2. The van der Waals surface area contributed by atoms with Crippen molar-refractivity contribution in [2.75, 3.05) is 19.8 Å². The Labute approximate surface area is 204 Å². The van der Waals surface area contributed by atoms with Crippen molar-refractivity contribution < 1.29 is 29.3 Å². The quantitative estimate of drug-likeness (QED) is 0.436. The van der Waals surface area contributed by atoms with Crippen LogP contribution < -0.4 is 10.6 Å². The number of fused-ring (bicyclic) bond motifs is 3. The number of hydrogen-bond acceptors (Lipinski definition) is 5. The minimum atomic E-state index is -1.19. The van der Waals surface area contributed by atoms with E-state index in [0.29, 0.717) is 12.8 Å². The molecule has 0 radical (unpaired) electrons. The summed E-state index contributed by atoms with van der Waals surface area (Å²) in [6.45, 7) is -0.0974. The fraction of sp³-hybridized carbons (Fsp3) is 0.444. The Balaban J connectivity index is 1.39. The van der Waals surface area contributed by atoms with Gasteiger partial charge in [0.2, 0.25) is 5.91 Å². The summed E-state index contributed by atoms with van der Waals surface area (Å²) >= 11 is 0. The van der Waals surface area contributed by atoms with Crippen LogP contribution in [0.1, 0.15) is 55.6 Å². The summed E-state index contributed by atoms with van der Waals surface area (Å²) in [5, 5.41) is 23.8. The standard InChI is InChI=1S/C27H32N2O6/c30-15-12-23(24(31)32)29-25(33)27(13-6-1-7-14-27)17-28-26(34)35-16-22-20-10-4-2-8-18(20)19-9-3-5-11-21(19)22/h2-5,8-11,22-23,30H,1,6-7,12-17H2,(H,28,34)(H,29,33)(H,31,32)/t23-/m1/s1. The predicted molar refractivity (Wildman–Crippen MR) is 130 cm³/mol. The number of alkyl carbamates (subject to hydrolysis) is 1. The van der Waals surface area contributed by atoms with Gasteiger partial charge < -0.3 is 25.6 Å². The van der Waals surface area contributed by atoms with E-state index >= 15 is 0 Å². The average Bonchev–Trinajstić information content (AvgIpc) is 3.20. The maximum atomic E-state index is 13.1. The highest BCUT2D eigenvalue weighted by Crippen LogP contribution is 2.44. The molecule has 1 saturated carbocycles. The van der Waals surface area contributed by atoms with Crippen LogP contribution >= 0.6 is 0 Å². The smallest absolute Gasteiger partial charge is 0.407 e. The summed E-state index contributed by atoms with van der Waals surface area (Å²) in [5.41, 5.74) is 3.63. The van der Waals surface area contributed by atoms with Crippen molar-refractivity contribution in [3.8, 4) is 11.1 Å². The van der Waals surface area contributed by atoms with Crippen LogP contribution in [0.2, 0.25) is 0 Å². The number of benzene rings is 2. The summed E-state index contributed by atoms with van der Waals surface area (Å²) in [5.74, 6) is -1.66. The van der Waals surface area contributed by atoms with E-state index in [9.17, 15) is 19.5 Å². The van der Waals surface area contributed by atoms with Gasteiger partial charge in [0.1, 0.15) is 12.6 Å². The minimum Gasteiger partial charge on any atom is -0.480 e. The number of carboxylic acid groups (broad SMARTS) is 1. The number of aliphatic carboxylic acids is 1. The van der Waals surface area contributed by atoms with E-state index in [1.165, 1.54) is 0 Å². The molecule has 2 aromatic carbocycles. The minimum absolute atomic E-state index is 0.0603. The zero-order valence-corrected chi connectivity index (χ0v) is 19.7. The van der Waals surface area contributed by atoms with Crippen molar-refractivity contribution in [2.24, 2.45) is 5.41 Å². The first-order valence-corrected chi connectivity index (χ1v) is 12.2. The number of hydrogen-bond donors (Lipinski definition) is 4. The molecule has 0 aliphatic heterocycles. The number of aliphatic hydroxyl groups is 1. The molecule has 35 heavy (non-hydrogen) atoms. The molecule has 2 amide bonds. The molecule has 8 nitrogen and oxygen atoms in total. The highest BCUT2D eigenvalue weighted by molar-refractivity contribution is 5.88. The number of nitrogens with one attached hydrogen (secondary N) is 2. The fourth-order valence-electron chi connectivity index (χ4n) is 5.30. The number of ether oxygens (including phenoxy) is 1. The molecule has 4 rings (SSSR count). The van der Waals surface area contributed by atoms with Gasteiger partial charge in [-0.15, -0.1) is 0 Å². The van der Waals surface area contributed by atoms with Gasteiger partial charge in [-0.3, -0.25) is 4.79 Å². The van der Waals surface area contributed by atoms with Gasteiger partial charge in [-0.05, 0) is 35.1 Å². The number of rotatable bonds is 9. The summed E-state index contributed by atoms with van der Waals surface area (Å²) in [4.78, 5) is 37.2. The highest BCUT2D eigenvalue weighted by Gasteiger charge is 2.41. The molecular formula is C27H32N2O6. The lowest BCUT2D eigenvalue weighted by Gasteiger charge is -2.36. The van der Waals surface area contributed by atoms with E-state index in [4.69, 9.17) is 9.84 Å². The van der Waals surface area contributed by atoms with Gasteiger partial charge in [-0.25, -0.2) is 9.59 Å². The van der Waals surface area contributed by atoms with Crippen LogP contribution in [-0.4, -0.2) is 54.0 Å². The van der Waals surface area contributed by atoms with E-state index in [0.717, 1.165) is 41.5 Å². The third-order valence-corrected chi connectivity index (χ3v) is 7.23. The lowest BCUT2D eigenvalue weighted by atomic mass is 9.73. The normalized spacial score (nSPS) is 17.1. The van der Waals surface area contributed by atoms with Crippen molar-refractivity contribution in [3.63, 3.8) is 0 Å². The second kappa shape index (κ2) is 10.9. The van der Waals surface area contributed by atoms with Gasteiger partial charge in [0.15, 0.2) is 0 Å². The number of carbonyl (C=O) groups excluding carboxylic acids is 2. The van der Waals surface area contributed by atoms with Gasteiger partial charge in [0.05, 0.1) is 5.41 Å². The van der Waals surface area contributed by atoms with Crippen molar-refractivity contribution >= 4 is 18.0 Å². The van der Waals surface area contributed by atoms with Crippen LogP contribution in [-0.2, 0) is 14.3 Å². The summed E-state index contributed by atoms with van der Waals surface area (Å²) in [7, 11) is 0. The van der Waals surface area contributed by atoms with Crippen molar-refractivity contribution in [1.82, 2.24) is 10.6 Å². The molecule has 1 fully saturated rings. The zero-order chi connectivity index (χ0) is 24.8. The van der Waals surface area contributed by atoms with E-state index in [1.54, 1.807) is 0 Å². The molecule has 0 unspecified atom stereocenters. The zero-order valence-electron chi connectivity index (χ0n) is 19.7. The molecule has 8 heteroatoms. The van der Waals surface area contributed by atoms with Crippen LogP contribution in [0.5, 0.6) is 0 Å². The Kier molecular flexibility index (Phi) is 7.70. The van der Waals surface area contributed by atoms with Crippen molar-refractivity contribution in [1.29, 1.82) is 0 Å². The maximum Gasteiger partial charge on any atom is 0.407 e. The van der Waals surface area contributed by atoms with Crippen molar-refractivity contribution in [2.45, 2.75) is 50.5 Å². The largest absolute Gasteiger partial charge is 0.480 e. The van der Waals surface area contributed by atoms with E-state index in [2.05, 4.69) is 22.8 Å². The molecule has 2 aliphatic carbocycles. The van der Waals surface area contributed by atoms with Crippen LogP contribution in [0.4, 0.5) is 4.79 Å². The number of aliphatic hydroxyl groups excluding tert-OH is 1. The molecular weight excluding hydrogens is 448 g/mol. The van der Waals surface area contributed by atoms with Gasteiger partial charge in [0.25, 0.3) is 0 Å². The lowest BCUT2D eigenvalue weighted by Crippen LogP contribution is -2.53. The number of carbonyl (C=O) groups is 3. The van der Waals surface area contributed by atoms with Crippen LogP contribution in [0.3, 0.4) is 0 Å². The van der Waals surface area contributed by atoms with Crippen LogP contribution in [0, 0.1) is 5.41 Å². The molecule has 1 atom stereocenters. The molecule has 2 aromatic rings. The first kappa shape index (κ1) is 24.7. The third kappa shape index (κ3) is 5.32. The Morgan fingerprint density at radius 2 is 1.57 bits per heavy atom. The molecule has 0 saturated heterocycles. The second-order valence-corrected chi connectivity index (χ2v) is 9.40. The molecule has 0 heterocycles. The molecule has 0 spiro atoms. The predicted octanol–water partition coefficient (Wildman–Crippen LogP) is 3.43. The second-order valence-electron chi connectivity index (χ2n) is 9.40. The maximum absolute atomic E-state index is 13.1. The Bertz CT molecular complexity index is 1030. The van der Waals surface area contributed by atoms with E-state index in [1.807, 2.05) is 36.4 Å². The summed E-state index contributed by atoms with van der Waals surface area (Å²) in [6, 6.07) is 15.0. The lowest BCUT2D eigenvalue weighted by molar-refractivity contribution is -0.145. The van der Waals surface area contributed by atoms with E-state index < -0.39 is 29.4 Å². The number of carboxylic acids is 1. The Hall–Kier alpha value is -3.39.